The number of methoxy groups -OCH3 is 1. The Hall–Kier alpha value is -2.74. The number of nitro groups is 1. The van der Waals surface area contributed by atoms with Gasteiger partial charge in [0.25, 0.3) is 5.69 Å². The maximum absolute atomic E-state index is 12.0. The number of benzene rings is 1. The number of non-ortho nitro benzene ring substituents is 1. The van der Waals surface area contributed by atoms with E-state index in [-0.39, 0.29) is 17.6 Å². The molecule has 2 heterocycles. The molecule has 3 rings (SSSR count). The predicted octanol–water partition coefficient (Wildman–Crippen LogP) is 2.58. The number of pyridine rings is 1. The molecule has 1 N–H and O–H groups in total. The van der Waals surface area contributed by atoms with Crippen molar-refractivity contribution < 1.29 is 14.5 Å². The summed E-state index contributed by atoms with van der Waals surface area (Å²) in [6.45, 7) is 1.90. The number of hydrogen-bond acceptors (Lipinski definition) is 6. The molecule has 1 saturated heterocycles. The molecule has 0 radical (unpaired) electrons. The molecule has 1 aromatic heterocycles. The van der Waals surface area contributed by atoms with Gasteiger partial charge >= 0.3 is 0 Å². The predicted molar refractivity (Wildman–Crippen MR) is 98.1 cm³/mol. The number of hydrogen-bond donors (Lipinski definition) is 1. The highest BCUT2D eigenvalue weighted by atomic mass is 16.6. The van der Waals surface area contributed by atoms with E-state index in [9.17, 15) is 14.9 Å². The summed E-state index contributed by atoms with van der Waals surface area (Å²) >= 11 is 0. The van der Waals surface area contributed by atoms with E-state index in [1.165, 1.54) is 12.1 Å². The van der Waals surface area contributed by atoms with Crippen LogP contribution in [0.15, 0.2) is 30.3 Å². The van der Waals surface area contributed by atoms with Crippen molar-refractivity contribution in [1.82, 2.24) is 9.88 Å². The molecule has 0 saturated carbocycles. The van der Waals surface area contributed by atoms with Crippen molar-refractivity contribution >= 4 is 28.3 Å². The van der Waals surface area contributed by atoms with Crippen molar-refractivity contribution in [3.8, 4) is 0 Å². The lowest BCUT2D eigenvalue weighted by atomic mass is 10.0. The lowest BCUT2D eigenvalue weighted by molar-refractivity contribution is -0.384. The van der Waals surface area contributed by atoms with Crippen LogP contribution in [-0.4, -0.2) is 53.6 Å². The molecule has 138 valence electrons. The van der Waals surface area contributed by atoms with Gasteiger partial charge in [-0.05, 0) is 31.0 Å². The lowest BCUT2D eigenvalue weighted by Crippen LogP contribution is -2.42. The maximum Gasteiger partial charge on any atom is 0.270 e. The van der Waals surface area contributed by atoms with Crippen LogP contribution in [0.25, 0.3) is 10.9 Å². The van der Waals surface area contributed by atoms with Crippen molar-refractivity contribution in [2.75, 3.05) is 32.1 Å². The van der Waals surface area contributed by atoms with Crippen molar-refractivity contribution in [3.05, 3.63) is 40.4 Å². The largest absolute Gasteiger partial charge is 0.384 e. The summed E-state index contributed by atoms with van der Waals surface area (Å²) in [7, 11) is 1.60. The molecule has 1 aromatic carbocycles. The third kappa shape index (κ3) is 4.26. The number of anilines is 1. The maximum atomic E-state index is 12.0. The second kappa shape index (κ2) is 8.09. The average molecular weight is 358 g/mol. The fourth-order valence-corrected chi connectivity index (χ4v) is 3.14. The Bertz CT molecular complexity index is 803. The summed E-state index contributed by atoms with van der Waals surface area (Å²) in [6, 6.07) is 8.57. The summed E-state index contributed by atoms with van der Waals surface area (Å²) in [5.74, 6) is 0.881. The summed E-state index contributed by atoms with van der Waals surface area (Å²) in [4.78, 5) is 28.9. The fourth-order valence-electron chi connectivity index (χ4n) is 3.14. The molecule has 1 amide bonds. The first kappa shape index (κ1) is 18.1. The molecule has 0 spiro atoms. The number of amides is 1. The molecular weight excluding hydrogens is 336 g/mol. The van der Waals surface area contributed by atoms with Gasteiger partial charge in [0.1, 0.15) is 5.82 Å². The number of nitro benzene ring substituents is 1. The Morgan fingerprint density at radius 3 is 2.81 bits per heavy atom. The van der Waals surface area contributed by atoms with E-state index in [1.54, 1.807) is 13.2 Å². The van der Waals surface area contributed by atoms with Crippen LogP contribution >= 0.6 is 0 Å². The van der Waals surface area contributed by atoms with Gasteiger partial charge in [-0.2, -0.15) is 0 Å². The number of nitrogens with zero attached hydrogens (tertiary/aromatic N) is 3. The number of carbonyl (C=O) groups is 1. The van der Waals surface area contributed by atoms with E-state index < -0.39 is 4.92 Å². The van der Waals surface area contributed by atoms with Crippen LogP contribution in [0.4, 0.5) is 11.5 Å². The molecule has 8 nitrogen and oxygen atoms in total. The summed E-state index contributed by atoms with van der Waals surface area (Å²) in [6.07, 6.45) is 2.14. The highest BCUT2D eigenvalue weighted by Gasteiger charge is 2.22. The van der Waals surface area contributed by atoms with Gasteiger partial charge in [-0.15, -0.1) is 0 Å². The van der Waals surface area contributed by atoms with Crippen LogP contribution < -0.4 is 5.32 Å². The monoisotopic (exact) mass is 358 g/mol. The zero-order valence-electron chi connectivity index (χ0n) is 14.7. The fraction of sp³-hybridized carbons (Fsp3) is 0.444. The zero-order chi connectivity index (χ0) is 18.5. The van der Waals surface area contributed by atoms with Gasteiger partial charge in [-0.1, -0.05) is 0 Å². The molecule has 0 atom stereocenters. The van der Waals surface area contributed by atoms with Crippen LogP contribution in [0, 0.1) is 10.1 Å². The van der Waals surface area contributed by atoms with E-state index in [1.807, 2.05) is 17.0 Å². The van der Waals surface area contributed by atoms with Crippen LogP contribution in [0.5, 0.6) is 0 Å². The molecule has 26 heavy (non-hydrogen) atoms. The summed E-state index contributed by atoms with van der Waals surface area (Å²) < 4.78 is 4.95. The summed E-state index contributed by atoms with van der Waals surface area (Å²) in [5.41, 5.74) is 0.776. The average Bonchev–Trinajstić information content (AvgIpc) is 2.66. The van der Waals surface area contributed by atoms with Gasteiger partial charge in [0.05, 0.1) is 23.5 Å². The molecule has 0 aliphatic carbocycles. The highest BCUT2D eigenvalue weighted by molar-refractivity contribution is 5.82. The third-order valence-corrected chi connectivity index (χ3v) is 4.60. The third-order valence-electron chi connectivity index (χ3n) is 4.60. The number of nitrogens with one attached hydrogen (secondary N) is 1. The Kier molecular flexibility index (Phi) is 5.62. The number of rotatable bonds is 6. The van der Waals surface area contributed by atoms with Gasteiger partial charge in [0.2, 0.25) is 5.91 Å². The van der Waals surface area contributed by atoms with Crippen LogP contribution in [0.3, 0.4) is 0 Å². The Morgan fingerprint density at radius 1 is 1.35 bits per heavy atom. The minimum absolute atomic E-state index is 0.0607. The Balaban J connectivity index is 1.59. The number of likely N-dealkylation sites (tertiary alicyclic amines) is 1. The minimum Gasteiger partial charge on any atom is -0.384 e. The lowest BCUT2D eigenvalue weighted by Gasteiger charge is -2.32. The van der Waals surface area contributed by atoms with Crippen LogP contribution in [0.1, 0.15) is 19.3 Å². The molecule has 0 bridgehead atoms. The number of carbonyl (C=O) groups excluding carboxylic acids is 1. The minimum atomic E-state index is -0.409. The number of piperidine rings is 1. The topological polar surface area (TPSA) is 97.6 Å². The number of fused-ring (bicyclic) bond motifs is 1. The Morgan fingerprint density at radius 2 is 2.12 bits per heavy atom. The second-order valence-corrected chi connectivity index (χ2v) is 6.37. The first-order chi connectivity index (χ1) is 12.6. The molecule has 8 heteroatoms. The Labute approximate surface area is 151 Å². The van der Waals surface area contributed by atoms with E-state index in [2.05, 4.69) is 10.3 Å². The van der Waals surface area contributed by atoms with Crippen molar-refractivity contribution in [2.24, 2.45) is 0 Å². The van der Waals surface area contributed by atoms with E-state index in [0.717, 1.165) is 37.1 Å². The van der Waals surface area contributed by atoms with Gasteiger partial charge in [0.15, 0.2) is 0 Å². The van der Waals surface area contributed by atoms with Crippen molar-refractivity contribution in [2.45, 2.75) is 25.3 Å². The van der Waals surface area contributed by atoms with E-state index in [4.69, 9.17) is 4.74 Å². The van der Waals surface area contributed by atoms with Crippen molar-refractivity contribution in [1.29, 1.82) is 0 Å². The quantitative estimate of drug-likeness (QED) is 0.630. The van der Waals surface area contributed by atoms with Gasteiger partial charge < -0.3 is 15.0 Å². The van der Waals surface area contributed by atoms with Crippen molar-refractivity contribution in [3.63, 3.8) is 0 Å². The molecule has 1 fully saturated rings. The number of aromatic nitrogens is 1. The van der Waals surface area contributed by atoms with Crippen LogP contribution in [-0.2, 0) is 9.53 Å². The first-order valence-electron chi connectivity index (χ1n) is 8.65. The molecule has 2 aromatic rings. The standard InChI is InChI=1S/C18H22N4O4/c1-26-11-8-18(23)21-9-6-14(7-10-21)19-17-5-2-13-12-15(22(24)25)3-4-16(13)20-17/h2-5,12,14H,6-11H2,1H3,(H,19,20). The zero-order valence-corrected chi connectivity index (χ0v) is 14.7. The van der Waals surface area contributed by atoms with E-state index >= 15 is 0 Å². The second-order valence-electron chi connectivity index (χ2n) is 6.37. The normalized spacial score (nSPS) is 15.2. The van der Waals surface area contributed by atoms with Crippen LogP contribution in [0.2, 0.25) is 0 Å². The molecular formula is C18H22N4O4. The SMILES string of the molecule is COCCC(=O)N1CCC(Nc2ccc3cc([N+](=O)[O-])ccc3n2)CC1. The molecule has 0 unspecified atom stereocenters. The van der Waals surface area contributed by atoms with Gasteiger partial charge in [-0.3, -0.25) is 14.9 Å². The number of ether oxygens (including phenoxy) is 1. The van der Waals surface area contributed by atoms with E-state index in [0.29, 0.717) is 18.5 Å². The molecule has 1 aliphatic rings. The molecule has 1 aliphatic heterocycles. The first-order valence-corrected chi connectivity index (χ1v) is 8.65. The van der Waals surface area contributed by atoms with Gasteiger partial charge in [-0.25, -0.2) is 4.98 Å². The highest BCUT2D eigenvalue weighted by Crippen LogP contribution is 2.22. The van der Waals surface area contributed by atoms with Gasteiger partial charge in [0, 0.05) is 43.8 Å². The smallest absolute Gasteiger partial charge is 0.270 e. The summed E-state index contributed by atoms with van der Waals surface area (Å²) in [5, 5.41) is 15.0.